The van der Waals surface area contributed by atoms with Crippen molar-refractivity contribution in [1.82, 2.24) is 0 Å². The molecule has 120 valence electrons. The van der Waals surface area contributed by atoms with Gasteiger partial charge in [-0.25, -0.2) is 0 Å². The molecule has 0 fully saturated rings. The average molecular weight is 312 g/mol. The summed E-state index contributed by atoms with van der Waals surface area (Å²) in [5.41, 5.74) is 4.73. The van der Waals surface area contributed by atoms with E-state index in [2.05, 4.69) is 60.6 Å². The fourth-order valence-corrected chi connectivity index (χ4v) is 2.97. The minimum absolute atomic E-state index is 0.0351. The molecule has 0 radical (unpaired) electrons. The third-order valence-electron chi connectivity index (χ3n) is 3.72. The number of rotatable bonds is 3. The molecule has 0 spiro atoms. The highest BCUT2D eigenvalue weighted by molar-refractivity contribution is 7.39. The molecule has 0 saturated heterocycles. The third-order valence-corrected chi connectivity index (χ3v) is 4.22. The highest BCUT2D eigenvalue weighted by atomic mass is 31.2. The summed E-state index contributed by atoms with van der Waals surface area (Å²) in [5, 5.41) is 0. The maximum Gasteiger partial charge on any atom is 0.327 e. The summed E-state index contributed by atoms with van der Waals surface area (Å²) >= 11 is 0. The van der Waals surface area contributed by atoms with Gasteiger partial charge in [-0.15, -0.1) is 0 Å². The van der Waals surface area contributed by atoms with Crippen LogP contribution in [0, 0.1) is 6.92 Å². The van der Waals surface area contributed by atoms with Gasteiger partial charge in [0.2, 0.25) is 0 Å². The monoisotopic (exact) mass is 312 g/mol. The quantitative estimate of drug-likeness (QED) is 0.782. The van der Waals surface area contributed by atoms with Gasteiger partial charge in [-0.1, -0.05) is 53.7 Å². The van der Waals surface area contributed by atoms with E-state index in [-0.39, 0.29) is 16.9 Å². The van der Waals surface area contributed by atoms with Gasteiger partial charge < -0.3 is 14.3 Å². The van der Waals surface area contributed by atoms with Crippen LogP contribution in [-0.2, 0) is 15.4 Å². The van der Waals surface area contributed by atoms with Crippen LogP contribution in [0.1, 0.15) is 76.8 Å². The number of hydrogen-bond acceptors (Lipinski definition) is 3. The Labute approximate surface area is 130 Å². The summed E-state index contributed by atoms with van der Waals surface area (Å²) in [6.07, 6.45) is -0.339. The molecule has 0 bridgehead atoms. The predicted octanol–water partition coefficient (Wildman–Crippen LogP) is 4.88. The van der Waals surface area contributed by atoms with Gasteiger partial charge in [-0.05, 0) is 46.9 Å². The van der Waals surface area contributed by atoms with E-state index in [1.165, 1.54) is 11.1 Å². The van der Waals surface area contributed by atoms with Crippen LogP contribution in [0.2, 0.25) is 0 Å². The van der Waals surface area contributed by atoms with Gasteiger partial charge in [-0.3, -0.25) is 0 Å². The van der Waals surface area contributed by atoms with Crippen LogP contribution in [0.5, 0.6) is 0 Å². The first-order valence-corrected chi connectivity index (χ1v) is 8.50. The first-order chi connectivity index (χ1) is 9.34. The van der Waals surface area contributed by atoms with Crippen LogP contribution >= 0.6 is 8.60 Å². The largest absolute Gasteiger partial charge is 0.328 e. The molecule has 4 heteroatoms. The number of hydrogen-bond donors (Lipinski definition) is 2. The zero-order valence-electron chi connectivity index (χ0n) is 14.5. The zero-order valence-corrected chi connectivity index (χ0v) is 15.4. The molecular weight excluding hydrogens is 283 g/mol. The van der Waals surface area contributed by atoms with Crippen LogP contribution < -0.4 is 0 Å². The molecule has 3 nitrogen and oxygen atoms in total. The summed E-state index contributed by atoms with van der Waals surface area (Å²) < 4.78 is 5.25. The molecule has 1 rings (SSSR count). The Bertz CT molecular complexity index is 496. The fourth-order valence-electron chi connectivity index (χ4n) is 2.59. The Balaban J connectivity index is 3.50. The van der Waals surface area contributed by atoms with E-state index in [0.717, 1.165) is 11.1 Å². The van der Waals surface area contributed by atoms with Crippen LogP contribution in [0.4, 0.5) is 0 Å². The Hall–Kier alpha value is -0.470. The van der Waals surface area contributed by atoms with Gasteiger partial charge in [0.1, 0.15) is 0 Å². The molecule has 0 aromatic heterocycles. The zero-order chi connectivity index (χ0) is 16.6. The van der Waals surface area contributed by atoms with E-state index >= 15 is 0 Å². The highest BCUT2D eigenvalue weighted by Gasteiger charge is 2.27. The van der Waals surface area contributed by atoms with Crippen molar-refractivity contribution in [2.45, 2.75) is 72.3 Å². The summed E-state index contributed by atoms with van der Waals surface area (Å²) in [6, 6.07) is 4.42. The number of aryl methyl sites for hydroxylation is 1. The molecule has 2 N–H and O–H groups in total. The number of benzene rings is 1. The maximum absolute atomic E-state index is 9.15. The molecule has 0 saturated carbocycles. The normalized spacial score (nSPS) is 14.6. The second-order valence-electron chi connectivity index (χ2n) is 7.75. The van der Waals surface area contributed by atoms with Crippen LogP contribution in [0.3, 0.4) is 0 Å². The molecule has 0 heterocycles. The summed E-state index contributed by atoms with van der Waals surface area (Å²) in [7, 11) is -2.35. The lowest BCUT2D eigenvalue weighted by Crippen LogP contribution is -2.20. The van der Waals surface area contributed by atoms with E-state index in [0.29, 0.717) is 0 Å². The fraction of sp³-hybridized carbons (Fsp3) is 0.647. The minimum Gasteiger partial charge on any atom is -0.328 e. The Morgan fingerprint density at radius 3 is 1.90 bits per heavy atom. The summed E-state index contributed by atoms with van der Waals surface area (Å²) in [4.78, 5) is 18.3. The molecule has 0 aliphatic heterocycles. The molecule has 0 amide bonds. The second-order valence-corrected chi connectivity index (χ2v) is 8.47. The van der Waals surface area contributed by atoms with E-state index in [1.54, 1.807) is 0 Å². The third kappa shape index (κ3) is 4.75. The summed E-state index contributed by atoms with van der Waals surface area (Å²) in [5.74, 6) is 0. The van der Waals surface area contributed by atoms with Crippen molar-refractivity contribution in [3.8, 4) is 0 Å². The van der Waals surface area contributed by atoms with E-state index in [9.17, 15) is 0 Å². The van der Waals surface area contributed by atoms with Crippen LogP contribution in [0.15, 0.2) is 12.1 Å². The molecule has 1 atom stereocenters. The van der Waals surface area contributed by atoms with Crippen LogP contribution in [-0.4, -0.2) is 9.79 Å². The van der Waals surface area contributed by atoms with E-state index in [4.69, 9.17) is 14.3 Å². The standard InChI is InChI=1S/C17H29O3P/c1-11-9-13(16(3,4)5)10-14(17(6,7)8)15(11)12(2)20-21(18)19/h9-10,12,18-19H,1-8H3. The maximum atomic E-state index is 9.15. The lowest BCUT2D eigenvalue weighted by molar-refractivity contribution is 0.186. The molecule has 1 aromatic carbocycles. The van der Waals surface area contributed by atoms with Crippen molar-refractivity contribution < 1.29 is 14.3 Å². The Morgan fingerprint density at radius 2 is 1.52 bits per heavy atom. The second kappa shape index (κ2) is 6.34. The molecule has 1 unspecified atom stereocenters. The van der Waals surface area contributed by atoms with Crippen molar-refractivity contribution in [1.29, 1.82) is 0 Å². The lowest BCUT2D eigenvalue weighted by Gasteiger charge is -2.31. The molecule has 1 aromatic rings. The highest BCUT2D eigenvalue weighted by Crippen LogP contribution is 2.41. The van der Waals surface area contributed by atoms with Gasteiger partial charge in [-0.2, -0.15) is 0 Å². The smallest absolute Gasteiger partial charge is 0.327 e. The Morgan fingerprint density at radius 1 is 1.00 bits per heavy atom. The minimum atomic E-state index is -2.35. The van der Waals surface area contributed by atoms with Gasteiger partial charge in [0, 0.05) is 0 Å². The van der Waals surface area contributed by atoms with Crippen molar-refractivity contribution in [2.24, 2.45) is 0 Å². The van der Waals surface area contributed by atoms with Gasteiger partial charge >= 0.3 is 8.60 Å². The predicted molar refractivity (Wildman–Crippen MR) is 89.4 cm³/mol. The van der Waals surface area contributed by atoms with E-state index in [1.807, 2.05) is 6.92 Å². The molecule has 0 aliphatic carbocycles. The molecule has 21 heavy (non-hydrogen) atoms. The average Bonchev–Trinajstić information content (AvgIpc) is 2.23. The van der Waals surface area contributed by atoms with Crippen molar-refractivity contribution in [2.75, 3.05) is 0 Å². The molecule has 0 aliphatic rings. The van der Waals surface area contributed by atoms with Crippen molar-refractivity contribution >= 4 is 8.60 Å². The first-order valence-electron chi connectivity index (χ1n) is 7.34. The SMILES string of the molecule is Cc1cc(C(C)(C)C)cc(C(C)(C)C)c1C(C)OP(O)O. The van der Waals surface area contributed by atoms with E-state index < -0.39 is 8.60 Å². The van der Waals surface area contributed by atoms with Gasteiger partial charge in [0.05, 0.1) is 6.10 Å². The van der Waals surface area contributed by atoms with Gasteiger partial charge in [0.15, 0.2) is 0 Å². The topological polar surface area (TPSA) is 49.7 Å². The summed E-state index contributed by atoms with van der Waals surface area (Å²) in [6.45, 7) is 17.1. The Kier molecular flexibility index (Phi) is 5.61. The van der Waals surface area contributed by atoms with Crippen LogP contribution in [0.25, 0.3) is 0 Å². The van der Waals surface area contributed by atoms with Gasteiger partial charge in [0.25, 0.3) is 0 Å². The first kappa shape index (κ1) is 18.6. The van der Waals surface area contributed by atoms with Crippen molar-refractivity contribution in [3.05, 3.63) is 34.4 Å². The van der Waals surface area contributed by atoms with Crippen molar-refractivity contribution in [3.63, 3.8) is 0 Å². The lowest BCUT2D eigenvalue weighted by atomic mass is 9.76. The molecular formula is C17H29O3P.